The van der Waals surface area contributed by atoms with Crippen LogP contribution in [-0.2, 0) is 59.0 Å². The number of aromatic nitrogens is 1. The van der Waals surface area contributed by atoms with Gasteiger partial charge < -0.3 is 96.8 Å². The monoisotopic (exact) mass is 1610 g/mol. The van der Waals surface area contributed by atoms with Crippen molar-refractivity contribution in [2.75, 3.05) is 133 Å². The van der Waals surface area contributed by atoms with Crippen molar-refractivity contribution in [3.8, 4) is 12.1 Å². The number of aliphatic imine (C=N–C) groups is 2. The van der Waals surface area contributed by atoms with Crippen LogP contribution in [0, 0.1) is 29.6 Å². The summed E-state index contributed by atoms with van der Waals surface area (Å²) in [4.78, 5) is 35.6. The Morgan fingerprint density at radius 2 is 0.731 bits per heavy atom. The summed E-state index contributed by atoms with van der Waals surface area (Å²) in [5.41, 5.74) is 2.99. The van der Waals surface area contributed by atoms with Gasteiger partial charge in [-0.3, -0.25) is 14.6 Å². The molecule has 1 heterocycles. The number of hydrogen-bond donors (Lipinski definition) is 12. The Labute approximate surface area is 659 Å². The van der Waals surface area contributed by atoms with E-state index in [4.69, 9.17) is 111 Å². The van der Waals surface area contributed by atoms with Crippen LogP contribution >= 0.6 is 48.0 Å². The fraction of sp³-hybridized carbons (Fsp3) is 0.653. The summed E-state index contributed by atoms with van der Waals surface area (Å²) in [7, 11) is 23.2. The number of hydrogen-bond acceptors (Lipinski definition) is 30. The number of carboxylic acids is 1. The zero-order valence-corrected chi connectivity index (χ0v) is 74.8. The fourth-order valence-corrected chi connectivity index (χ4v) is 6.83. The number of nitrogens with zero attached hydrogens (tertiary/aromatic N) is 6. The summed E-state index contributed by atoms with van der Waals surface area (Å²) in [5.74, 6) is -1.21. The predicted molar refractivity (Wildman–Crippen MR) is 438 cm³/mol. The molecule has 1 aromatic heterocycles. The molecule has 2 unspecified atom stereocenters. The molecule has 0 radical (unpaired) electrons. The van der Waals surface area contributed by atoms with Crippen LogP contribution in [0.5, 0.6) is 0 Å². The Bertz CT molecular complexity index is 2140. The van der Waals surface area contributed by atoms with Crippen molar-refractivity contribution in [2.24, 2.45) is 9.98 Å². The van der Waals surface area contributed by atoms with Crippen LogP contribution in [0.2, 0.25) is 0 Å². The van der Waals surface area contributed by atoms with Gasteiger partial charge in [-0.05, 0) is 133 Å². The second-order valence-electron chi connectivity index (χ2n) is 18.0. The molecule has 0 saturated carbocycles. The zero-order valence-electron chi connectivity index (χ0n) is 69.9. The average molecular weight is 1610 g/mol. The summed E-state index contributed by atoms with van der Waals surface area (Å²) in [6.07, 6.45) is 5.98. The van der Waals surface area contributed by atoms with Gasteiger partial charge in [0.2, 0.25) is 0 Å². The van der Waals surface area contributed by atoms with E-state index in [0.29, 0.717) is 51.3 Å². The summed E-state index contributed by atoms with van der Waals surface area (Å²) in [6.45, 7) is 36.5. The van der Waals surface area contributed by atoms with Crippen molar-refractivity contribution in [3.05, 3.63) is 103 Å². The maximum atomic E-state index is 11.2. The molecule has 620 valence electrons. The molecule has 3 aromatic rings. The summed E-state index contributed by atoms with van der Waals surface area (Å²) < 4.78 is 40.3. The van der Waals surface area contributed by atoms with Gasteiger partial charge in [0.05, 0.1) is 70.1 Å². The third-order valence-electron chi connectivity index (χ3n) is 8.67. The molecule has 0 aliphatic heterocycles. The summed E-state index contributed by atoms with van der Waals surface area (Å²) in [5, 5.41) is 104. The Balaban J connectivity index is -0.0000000460. The van der Waals surface area contributed by atoms with Crippen molar-refractivity contribution in [1.29, 1.82) is 10.5 Å². The van der Waals surface area contributed by atoms with E-state index in [1.807, 2.05) is 189 Å². The number of carboxylic acid groups (broad SMARTS) is 1. The van der Waals surface area contributed by atoms with Gasteiger partial charge in [0.25, 0.3) is 0 Å². The number of methoxy groups -OCH3 is 5. The first-order valence-corrected chi connectivity index (χ1v) is 35.3. The van der Waals surface area contributed by atoms with Crippen molar-refractivity contribution in [3.63, 3.8) is 0 Å². The zero-order chi connectivity index (χ0) is 87.7. The second kappa shape index (κ2) is 141. The number of carbonyl (C=O) groups is 2. The molecule has 2 aromatic carbocycles. The molecule has 27 nitrogen and oxygen atoms in total. The van der Waals surface area contributed by atoms with Gasteiger partial charge in [-0.1, -0.05) is 122 Å². The molecule has 0 aliphatic rings. The van der Waals surface area contributed by atoms with Crippen LogP contribution in [0.3, 0.4) is 0 Å². The number of aliphatic hydroxyl groups excluding tert-OH is 11. The number of thiocarbonyl (C=S) groups is 2. The van der Waals surface area contributed by atoms with Gasteiger partial charge in [0.1, 0.15) is 9.49 Å². The molecule has 104 heavy (non-hydrogen) atoms. The number of aliphatic carboxylic acids is 1. The average Bonchev–Trinajstić information content (AvgIpc) is 0.873. The van der Waals surface area contributed by atoms with E-state index in [9.17, 15) is 20.1 Å². The van der Waals surface area contributed by atoms with Crippen LogP contribution in [0.25, 0.3) is 0 Å². The first-order valence-electron chi connectivity index (χ1n) is 31.5. The van der Waals surface area contributed by atoms with Crippen LogP contribution < -0.4 is 4.90 Å². The van der Waals surface area contributed by atoms with Crippen LogP contribution in [0.4, 0.5) is 5.69 Å². The number of rotatable bonds is 17. The van der Waals surface area contributed by atoms with Gasteiger partial charge in [0.15, 0.2) is 0 Å². The summed E-state index contributed by atoms with van der Waals surface area (Å²) in [6, 6.07) is 30.5. The normalized spacial score (nSPS) is 8.99. The second-order valence-corrected chi connectivity index (χ2v) is 22.7. The Morgan fingerprint density at radius 1 is 0.510 bits per heavy atom. The van der Waals surface area contributed by atoms with Gasteiger partial charge in [-0.15, -0.1) is 0 Å². The molecule has 0 saturated heterocycles. The first-order chi connectivity index (χ1) is 49.4. The number of benzene rings is 2. The first kappa shape index (κ1) is 149. The van der Waals surface area contributed by atoms with Crippen molar-refractivity contribution >= 4 is 80.0 Å². The molecule has 3 rings (SSSR count). The van der Waals surface area contributed by atoms with Crippen molar-refractivity contribution in [1.82, 2.24) is 4.98 Å². The molecule has 0 bridgehead atoms. The predicted octanol–water partition coefficient (Wildman–Crippen LogP) is 11.2. The topological polar surface area (TPSA) is 446 Å². The molecule has 0 spiro atoms. The van der Waals surface area contributed by atoms with Gasteiger partial charge in [-0.2, -0.15) is 17.4 Å². The Kier molecular flexibility index (Phi) is 201. The van der Waals surface area contributed by atoms with Gasteiger partial charge >= 0.3 is 37.7 Å². The number of carbonyl (C=O) groups excluding carboxylic acids is 1. The number of esters is 1. The number of ether oxygens (including phenoxy) is 5. The van der Waals surface area contributed by atoms with E-state index < -0.39 is 34.6 Å². The molecule has 12 N–H and O–H groups in total. The number of thioether (sulfide) groups is 2. The fourth-order valence-electron chi connectivity index (χ4n) is 3.63. The van der Waals surface area contributed by atoms with Crippen LogP contribution in [0.15, 0.2) is 95.2 Å². The third kappa shape index (κ3) is 159. The molecule has 0 aliphatic carbocycles. The maximum absolute atomic E-state index is 11.2. The van der Waals surface area contributed by atoms with Gasteiger partial charge in [-0.25, -0.2) is 9.98 Å². The number of anilines is 1. The van der Waals surface area contributed by atoms with E-state index in [0.717, 1.165) is 89.3 Å². The van der Waals surface area contributed by atoms with E-state index >= 15 is 0 Å². The quantitative estimate of drug-likeness (QED) is 0.0196. The Hall–Kier alpha value is -4.72. The molecule has 0 amide bonds. The summed E-state index contributed by atoms with van der Waals surface area (Å²) >= 11 is 11.2. The number of nitriles is 2. The van der Waals surface area contributed by atoms with E-state index in [2.05, 4.69) is 44.8 Å². The van der Waals surface area contributed by atoms with E-state index in [1.54, 1.807) is 61.6 Å². The van der Waals surface area contributed by atoms with Crippen LogP contribution in [-0.4, -0.2) is 266 Å². The standard InChI is InChI=1S/C14H15NO2S2.C13H13NO2S2.C7H10N2.C7H14N2.4C4H10O.C2H6.C2H5.11CH4O.2O.Ti/c1-14(10-15,9-8-12(16)17-2)19-13(18)11-6-4-3-5-7-11;1-13(9-14,8-7-11(15)16)18-12(17)10-5-3-2-4-6-10;1-9(2)7-3-5-8-6-4-7;1-6(2)8-5-9-7(3)4;4*1-4(2)5-3;13*1-2;;;/h3-7H,8-9H2,1-2H3;2-6H,7-8H2,1H3,(H,15,16);3-6H,1-2H3;6-7H,1-4H3;4*4H,1-3H3;1-2H3;1H2,2H3;11*2H,1H3;;;/q;;;;;;;;;-1;;;;;;;;;;;;;;. The molecule has 2 atom stereocenters. The minimum atomic E-state index is -2.00. The number of pyridine rings is 1. The molecule has 32 heteroatoms. The molecular formula is C72H147N6O21S4Ti-. The van der Waals surface area contributed by atoms with Gasteiger partial charge in [0, 0.05) is 152 Å². The van der Waals surface area contributed by atoms with Crippen molar-refractivity contribution in [2.45, 2.75) is 189 Å². The molecular weight excluding hydrogens is 1460 g/mol. The van der Waals surface area contributed by atoms with E-state index in [-0.39, 0.29) is 25.2 Å². The van der Waals surface area contributed by atoms with Crippen molar-refractivity contribution < 1.29 is 120 Å². The number of aliphatic hydroxyl groups is 11. The SMILES string of the molecule is CC.CC(C#N)(CCC(=O)O)SC(=S)c1ccccc1.CC(C)N=C=NC(C)C.CN(C)c1ccncc1.CO.CO.CO.CO.CO.CO.CO.CO.CO.CO.CO.COC(=O)CCC(C)(C#N)SC(=S)c1ccccc1.COC(C)C.COC(C)C.COC(C)C.COC(C)C.[CH2-]C.[O]=[Ti]=[O]. The third-order valence-corrected chi connectivity index (χ3v) is 12.0. The van der Waals surface area contributed by atoms with Crippen LogP contribution in [0.1, 0.15) is 155 Å². The minimum absolute atomic E-state index is 0.0333. The molecule has 0 fully saturated rings. The van der Waals surface area contributed by atoms with E-state index in [1.165, 1.54) is 36.3 Å². The Morgan fingerprint density at radius 3 is 0.894 bits per heavy atom.